The molecule has 0 aliphatic heterocycles. The third-order valence-electron chi connectivity index (χ3n) is 3.82. The van der Waals surface area contributed by atoms with E-state index in [0.717, 1.165) is 33.5 Å². The van der Waals surface area contributed by atoms with Crippen molar-refractivity contribution < 1.29 is 0 Å². The fraction of sp³-hybridized carbons (Fsp3) is 0. The number of rotatable bonds is 2. The number of halogens is 1. The molecule has 0 aliphatic carbocycles. The van der Waals surface area contributed by atoms with Crippen molar-refractivity contribution in [2.45, 2.75) is 0 Å². The third-order valence-corrected chi connectivity index (χ3v) is 3.82. The minimum atomic E-state index is 0. The van der Waals surface area contributed by atoms with Crippen molar-refractivity contribution >= 4 is 34.8 Å². The molecule has 4 aromatic rings. The molecule has 1 N–H and O–H groups in total. The monoisotopic (exact) mass is 357 g/mol. The van der Waals surface area contributed by atoms with Gasteiger partial charge in [0, 0.05) is 22.2 Å². The predicted molar refractivity (Wildman–Crippen MR) is 109 cm³/mol. The summed E-state index contributed by atoms with van der Waals surface area (Å²) in [5.41, 5.74) is 3.87. The average Bonchev–Trinajstić information content (AvgIpc) is 2.69. The predicted octanol–water partition coefficient (Wildman–Crippen LogP) is 5.20. The highest BCUT2D eigenvalue weighted by Crippen LogP contribution is 2.22. The molecule has 0 saturated heterocycles. The van der Waals surface area contributed by atoms with Crippen molar-refractivity contribution in [3.8, 4) is 11.8 Å². The van der Waals surface area contributed by atoms with Crippen LogP contribution in [-0.4, -0.2) is 9.97 Å². The van der Waals surface area contributed by atoms with Crippen molar-refractivity contribution in [3.63, 3.8) is 0 Å². The Morgan fingerprint density at radius 2 is 1.31 bits per heavy atom. The second-order valence-corrected chi connectivity index (χ2v) is 5.56. The van der Waals surface area contributed by atoms with Gasteiger partial charge in [0.2, 0.25) is 0 Å². The Bertz CT molecular complexity index is 1060. The molecule has 3 aromatic carbocycles. The zero-order valence-corrected chi connectivity index (χ0v) is 14.7. The van der Waals surface area contributed by atoms with Gasteiger partial charge in [-0.3, -0.25) is 0 Å². The molecule has 0 atom stereocenters. The molecule has 4 rings (SSSR count). The van der Waals surface area contributed by atoms with Crippen LogP contribution in [0.5, 0.6) is 0 Å². The lowest BCUT2D eigenvalue weighted by molar-refractivity contribution is 1.22. The first-order valence-corrected chi connectivity index (χ1v) is 8.02. The van der Waals surface area contributed by atoms with Crippen molar-refractivity contribution in [1.82, 2.24) is 9.97 Å². The minimum absolute atomic E-state index is 0. The van der Waals surface area contributed by atoms with Gasteiger partial charge in [0.15, 0.2) is 0 Å². The summed E-state index contributed by atoms with van der Waals surface area (Å²) in [6, 6.07) is 25.9. The first-order valence-electron chi connectivity index (χ1n) is 8.02. The fourth-order valence-electron chi connectivity index (χ4n) is 2.54. The zero-order chi connectivity index (χ0) is 16.9. The molecular weight excluding hydrogens is 342 g/mol. The van der Waals surface area contributed by atoms with E-state index >= 15 is 0 Å². The fourth-order valence-corrected chi connectivity index (χ4v) is 2.54. The second-order valence-electron chi connectivity index (χ2n) is 5.56. The van der Waals surface area contributed by atoms with Crippen LogP contribution in [0.2, 0.25) is 0 Å². The molecule has 1 aromatic heterocycles. The van der Waals surface area contributed by atoms with E-state index in [1.54, 1.807) is 6.33 Å². The van der Waals surface area contributed by atoms with E-state index in [0.29, 0.717) is 0 Å². The van der Waals surface area contributed by atoms with E-state index < -0.39 is 0 Å². The number of aromatic nitrogens is 2. The van der Waals surface area contributed by atoms with Crippen LogP contribution in [0.25, 0.3) is 10.9 Å². The highest BCUT2D eigenvalue weighted by molar-refractivity contribution is 5.90. The first-order chi connectivity index (χ1) is 12.4. The lowest BCUT2D eigenvalue weighted by Crippen LogP contribution is -1.95. The number of para-hydroxylation sites is 1. The van der Waals surface area contributed by atoms with E-state index in [1.807, 2.05) is 78.9 Å². The molecule has 0 fully saturated rings. The van der Waals surface area contributed by atoms with E-state index in [-0.39, 0.29) is 12.4 Å². The van der Waals surface area contributed by atoms with E-state index in [4.69, 9.17) is 0 Å². The number of nitrogens with zero attached hydrogens (tertiary/aromatic N) is 2. The maximum Gasteiger partial charge on any atom is 0.141 e. The number of hydrogen-bond donors (Lipinski definition) is 1. The number of hydrogen-bond acceptors (Lipinski definition) is 3. The van der Waals surface area contributed by atoms with Crippen LogP contribution in [0.3, 0.4) is 0 Å². The Morgan fingerprint density at radius 1 is 0.654 bits per heavy atom. The molecule has 4 heteroatoms. The summed E-state index contributed by atoms with van der Waals surface area (Å²) in [6.07, 6.45) is 1.57. The summed E-state index contributed by atoms with van der Waals surface area (Å²) in [4.78, 5) is 8.63. The SMILES string of the molecule is C(#Cc1ccc(Nc2ncnc3ccccc23)cc1)c1ccccc1.Cl. The molecule has 0 amide bonds. The summed E-state index contributed by atoms with van der Waals surface area (Å²) < 4.78 is 0. The highest BCUT2D eigenvalue weighted by atomic mass is 35.5. The van der Waals surface area contributed by atoms with Gasteiger partial charge in [0.25, 0.3) is 0 Å². The quantitative estimate of drug-likeness (QED) is 0.501. The van der Waals surface area contributed by atoms with E-state index in [9.17, 15) is 0 Å². The third kappa shape index (κ3) is 4.00. The van der Waals surface area contributed by atoms with Crippen LogP contribution in [0.4, 0.5) is 11.5 Å². The van der Waals surface area contributed by atoms with Gasteiger partial charge in [-0.15, -0.1) is 12.4 Å². The Hall–Kier alpha value is -3.35. The maximum atomic E-state index is 4.35. The molecule has 126 valence electrons. The molecule has 26 heavy (non-hydrogen) atoms. The second kappa shape index (κ2) is 8.15. The van der Waals surface area contributed by atoms with Gasteiger partial charge >= 0.3 is 0 Å². The number of nitrogens with one attached hydrogen (secondary N) is 1. The lowest BCUT2D eigenvalue weighted by Gasteiger charge is -2.08. The number of anilines is 2. The molecule has 0 unspecified atom stereocenters. The van der Waals surface area contributed by atoms with Gasteiger partial charge in [-0.25, -0.2) is 9.97 Å². The minimum Gasteiger partial charge on any atom is -0.340 e. The normalized spacial score (nSPS) is 9.69. The van der Waals surface area contributed by atoms with Crippen molar-refractivity contribution in [3.05, 3.63) is 96.3 Å². The Labute approximate surface area is 158 Å². The van der Waals surface area contributed by atoms with Gasteiger partial charge in [0.1, 0.15) is 12.1 Å². The first kappa shape index (κ1) is 17.5. The molecule has 0 radical (unpaired) electrons. The number of benzene rings is 3. The Balaban J connectivity index is 0.00000196. The lowest BCUT2D eigenvalue weighted by atomic mass is 10.1. The summed E-state index contributed by atoms with van der Waals surface area (Å²) in [5, 5.41) is 4.35. The largest absolute Gasteiger partial charge is 0.340 e. The standard InChI is InChI=1S/C22H15N3.ClH/c1-2-6-17(7-3-1)10-11-18-12-14-19(15-13-18)25-22-20-8-4-5-9-21(20)23-16-24-22;/h1-9,12-16H,(H,23,24,25);1H. The van der Waals surface area contributed by atoms with Crippen LogP contribution in [0, 0.1) is 11.8 Å². The molecule has 0 bridgehead atoms. The average molecular weight is 358 g/mol. The molecule has 3 nitrogen and oxygen atoms in total. The summed E-state index contributed by atoms with van der Waals surface area (Å²) >= 11 is 0. The molecule has 1 heterocycles. The van der Waals surface area contributed by atoms with Crippen LogP contribution < -0.4 is 5.32 Å². The smallest absolute Gasteiger partial charge is 0.141 e. The summed E-state index contributed by atoms with van der Waals surface area (Å²) in [5.74, 6) is 7.14. The van der Waals surface area contributed by atoms with E-state index in [1.165, 1.54) is 0 Å². The molecule has 0 spiro atoms. The van der Waals surface area contributed by atoms with Crippen molar-refractivity contribution in [2.75, 3.05) is 5.32 Å². The molecule has 0 saturated carbocycles. The van der Waals surface area contributed by atoms with Crippen molar-refractivity contribution in [1.29, 1.82) is 0 Å². The maximum absolute atomic E-state index is 4.35. The molecule has 0 aliphatic rings. The van der Waals surface area contributed by atoms with Gasteiger partial charge in [-0.2, -0.15) is 0 Å². The van der Waals surface area contributed by atoms with Gasteiger partial charge in [-0.05, 0) is 48.5 Å². The Morgan fingerprint density at radius 3 is 2.08 bits per heavy atom. The Kier molecular flexibility index (Phi) is 5.48. The van der Waals surface area contributed by atoms with Gasteiger partial charge in [-0.1, -0.05) is 42.2 Å². The number of fused-ring (bicyclic) bond motifs is 1. The van der Waals surface area contributed by atoms with Gasteiger partial charge < -0.3 is 5.32 Å². The van der Waals surface area contributed by atoms with E-state index in [2.05, 4.69) is 27.1 Å². The highest BCUT2D eigenvalue weighted by Gasteiger charge is 2.03. The summed E-state index contributed by atoms with van der Waals surface area (Å²) in [6.45, 7) is 0. The molecular formula is C22H16ClN3. The van der Waals surface area contributed by atoms with Crippen LogP contribution >= 0.6 is 12.4 Å². The van der Waals surface area contributed by atoms with Crippen molar-refractivity contribution in [2.24, 2.45) is 0 Å². The van der Waals surface area contributed by atoms with Crippen LogP contribution in [-0.2, 0) is 0 Å². The van der Waals surface area contributed by atoms with Crippen LogP contribution in [0.15, 0.2) is 85.2 Å². The topological polar surface area (TPSA) is 37.8 Å². The van der Waals surface area contributed by atoms with Crippen LogP contribution in [0.1, 0.15) is 11.1 Å². The summed E-state index contributed by atoms with van der Waals surface area (Å²) in [7, 11) is 0. The van der Waals surface area contributed by atoms with Gasteiger partial charge in [0.05, 0.1) is 5.52 Å². The zero-order valence-electron chi connectivity index (χ0n) is 13.9.